The Balaban J connectivity index is 0. The maximum Gasteiger partial charge on any atom is 0.394 e. The summed E-state index contributed by atoms with van der Waals surface area (Å²) in [4.78, 5) is 10.5. The van der Waals surface area contributed by atoms with Gasteiger partial charge in [-0.15, -0.1) is 0 Å². The fourth-order valence-electron chi connectivity index (χ4n) is 0.388. The minimum atomic E-state index is -4.67. The predicted octanol–water partition coefficient (Wildman–Crippen LogP) is -0.0668. The van der Waals surface area contributed by atoms with Gasteiger partial charge in [-0.2, -0.15) is 8.42 Å². The quantitative estimate of drug-likeness (QED) is 0.513. The molecule has 8 heteroatoms. The van der Waals surface area contributed by atoms with E-state index in [0.29, 0.717) is 13.2 Å². The molecule has 0 rings (SSSR count). The van der Waals surface area contributed by atoms with Crippen LogP contribution in [0.2, 0.25) is 0 Å². The van der Waals surface area contributed by atoms with E-state index in [-0.39, 0.29) is 12.6 Å². The standard InChI is InChI=1S/C6H12O3.H2O4S/c1-3-8-5-6(7)9-4-2;1-5(2,3)4/h3-5H2,1-2H3;(H2,1,2,3,4). The molecule has 0 radical (unpaired) electrons. The van der Waals surface area contributed by atoms with Crippen molar-refractivity contribution in [1.82, 2.24) is 0 Å². The van der Waals surface area contributed by atoms with Gasteiger partial charge in [0, 0.05) is 6.61 Å². The van der Waals surface area contributed by atoms with Crippen molar-refractivity contribution >= 4 is 16.4 Å². The van der Waals surface area contributed by atoms with E-state index in [9.17, 15) is 4.79 Å². The van der Waals surface area contributed by atoms with Crippen molar-refractivity contribution in [3.8, 4) is 0 Å². The second-order valence-corrected chi connectivity index (χ2v) is 2.79. The van der Waals surface area contributed by atoms with Crippen LogP contribution in [0.25, 0.3) is 0 Å². The highest BCUT2D eigenvalue weighted by molar-refractivity contribution is 7.79. The normalized spacial score (nSPS) is 10.0. The van der Waals surface area contributed by atoms with Crippen LogP contribution in [0, 0.1) is 0 Å². The minimum absolute atomic E-state index is 0.0737. The molecule has 0 saturated carbocycles. The van der Waals surface area contributed by atoms with E-state index in [1.54, 1.807) is 6.92 Å². The number of hydrogen-bond donors (Lipinski definition) is 2. The van der Waals surface area contributed by atoms with Crippen molar-refractivity contribution < 1.29 is 31.8 Å². The zero-order valence-electron chi connectivity index (χ0n) is 7.97. The van der Waals surface area contributed by atoms with E-state index in [1.165, 1.54) is 0 Å². The second-order valence-electron chi connectivity index (χ2n) is 1.89. The summed E-state index contributed by atoms with van der Waals surface area (Å²) in [6.45, 7) is 4.65. The molecule has 0 aromatic heterocycles. The maximum absolute atomic E-state index is 10.5. The predicted molar refractivity (Wildman–Crippen MR) is 47.3 cm³/mol. The first-order valence-electron chi connectivity index (χ1n) is 3.74. The van der Waals surface area contributed by atoms with E-state index in [4.69, 9.17) is 22.3 Å². The molecular weight excluding hydrogens is 216 g/mol. The summed E-state index contributed by atoms with van der Waals surface area (Å²) < 4.78 is 40.9. The smallest absolute Gasteiger partial charge is 0.394 e. The Morgan fingerprint density at radius 2 is 1.64 bits per heavy atom. The molecule has 86 valence electrons. The van der Waals surface area contributed by atoms with Crippen LogP contribution >= 0.6 is 0 Å². The third kappa shape index (κ3) is 30.2. The lowest BCUT2D eigenvalue weighted by Gasteiger charge is -1.99. The monoisotopic (exact) mass is 230 g/mol. The Morgan fingerprint density at radius 1 is 1.21 bits per heavy atom. The van der Waals surface area contributed by atoms with Crippen LogP contribution in [0.3, 0.4) is 0 Å². The topological polar surface area (TPSA) is 110 Å². The second kappa shape index (κ2) is 8.88. The Kier molecular flexibility index (Phi) is 9.99. The summed E-state index contributed by atoms with van der Waals surface area (Å²) in [5.74, 6) is -0.292. The number of rotatable bonds is 4. The first-order chi connectivity index (χ1) is 6.31. The van der Waals surface area contributed by atoms with Crippen molar-refractivity contribution in [2.75, 3.05) is 19.8 Å². The third-order valence-corrected chi connectivity index (χ3v) is 0.729. The van der Waals surface area contributed by atoms with E-state index in [0.717, 1.165) is 0 Å². The molecule has 0 atom stereocenters. The van der Waals surface area contributed by atoms with Gasteiger partial charge in [0.15, 0.2) is 0 Å². The molecular formula is C6H14O7S. The number of carbonyl (C=O) groups is 1. The average molecular weight is 230 g/mol. The highest BCUT2D eigenvalue weighted by Crippen LogP contribution is 1.79. The van der Waals surface area contributed by atoms with Crippen LogP contribution in [-0.4, -0.2) is 43.3 Å². The molecule has 0 aliphatic carbocycles. The number of ether oxygens (including phenoxy) is 2. The molecule has 7 nitrogen and oxygen atoms in total. The van der Waals surface area contributed by atoms with Gasteiger partial charge in [-0.05, 0) is 13.8 Å². The van der Waals surface area contributed by atoms with Crippen molar-refractivity contribution in [2.24, 2.45) is 0 Å². The van der Waals surface area contributed by atoms with Crippen LogP contribution in [0.15, 0.2) is 0 Å². The van der Waals surface area contributed by atoms with Gasteiger partial charge in [0.1, 0.15) is 6.61 Å². The summed E-state index contributed by atoms with van der Waals surface area (Å²) in [6, 6.07) is 0. The van der Waals surface area contributed by atoms with Gasteiger partial charge < -0.3 is 9.47 Å². The van der Waals surface area contributed by atoms with Gasteiger partial charge in [-0.3, -0.25) is 9.11 Å². The lowest BCUT2D eigenvalue weighted by Crippen LogP contribution is -2.11. The number of carbonyl (C=O) groups excluding carboxylic acids is 1. The van der Waals surface area contributed by atoms with Crippen molar-refractivity contribution in [2.45, 2.75) is 13.8 Å². The number of esters is 1. The van der Waals surface area contributed by atoms with Crippen molar-refractivity contribution in [3.05, 3.63) is 0 Å². The molecule has 0 heterocycles. The maximum atomic E-state index is 10.5. The Bertz CT molecular complexity index is 225. The summed E-state index contributed by atoms with van der Waals surface area (Å²) in [6.07, 6.45) is 0. The Morgan fingerprint density at radius 3 is 1.93 bits per heavy atom. The molecule has 2 N–H and O–H groups in total. The molecule has 0 saturated heterocycles. The molecule has 0 aliphatic heterocycles. The molecule has 0 unspecified atom stereocenters. The fourth-order valence-corrected chi connectivity index (χ4v) is 0.388. The van der Waals surface area contributed by atoms with Crippen LogP contribution in [0.1, 0.15) is 13.8 Å². The fraction of sp³-hybridized carbons (Fsp3) is 0.833. The molecule has 0 bridgehead atoms. The SMILES string of the molecule is CCOCC(=O)OCC.O=S(=O)(O)O. The van der Waals surface area contributed by atoms with Crippen LogP contribution in [-0.2, 0) is 24.7 Å². The van der Waals surface area contributed by atoms with E-state index < -0.39 is 10.4 Å². The molecule has 0 amide bonds. The van der Waals surface area contributed by atoms with Crippen LogP contribution < -0.4 is 0 Å². The van der Waals surface area contributed by atoms with Gasteiger partial charge in [-0.25, -0.2) is 4.79 Å². The van der Waals surface area contributed by atoms with Gasteiger partial charge in [0.2, 0.25) is 0 Å². The number of hydrogen-bond acceptors (Lipinski definition) is 5. The minimum Gasteiger partial charge on any atom is -0.464 e. The first-order valence-corrected chi connectivity index (χ1v) is 5.14. The Hall–Kier alpha value is -0.700. The largest absolute Gasteiger partial charge is 0.464 e. The Labute approximate surface area is 82.6 Å². The molecule has 0 spiro atoms. The van der Waals surface area contributed by atoms with Crippen LogP contribution in [0.4, 0.5) is 0 Å². The van der Waals surface area contributed by atoms with Gasteiger partial charge in [-0.1, -0.05) is 0 Å². The molecule has 14 heavy (non-hydrogen) atoms. The third-order valence-electron chi connectivity index (χ3n) is 0.729. The molecule has 0 aliphatic rings. The summed E-state index contributed by atoms with van der Waals surface area (Å²) >= 11 is 0. The van der Waals surface area contributed by atoms with Gasteiger partial charge in [0.05, 0.1) is 6.61 Å². The summed E-state index contributed by atoms with van der Waals surface area (Å²) in [5.41, 5.74) is 0. The highest BCUT2D eigenvalue weighted by Gasteiger charge is 1.97. The summed E-state index contributed by atoms with van der Waals surface area (Å²) in [5, 5.41) is 0. The lowest BCUT2D eigenvalue weighted by molar-refractivity contribution is -0.148. The van der Waals surface area contributed by atoms with Gasteiger partial charge in [0.25, 0.3) is 0 Å². The molecule has 0 aromatic rings. The zero-order chi connectivity index (χ0) is 11.6. The first kappa shape index (κ1) is 15.8. The molecule has 0 aromatic carbocycles. The summed E-state index contributed by atoms with van der Waals surface area (Å²) in [7, 11) is -4.67. The highest BCUT2D eigenvalue weighted by atomic mass is 32.3. The zero-order valence-corrected chi connectivity index (χ0v) is 8.78. The lowest BCUT2D eigenvalue weighted by atomic mass is 10.7. The average Bonchev–Trinajstić information content (AvgIpc) is 1.98. The van der Waals surface area contributed by atoms with Crippen molar-refractivity contribution in [1.29, 1.82) is 0 Å². The van der Waals surface area contributed by atoms with E-state index >= 15 is 0 Å². The van der Waals surface area contributed by atoms with Crippen LogP contribution in [0.5, 0.6) is 0 Å². The van der Waals surface area contributed by atoms with Gasteiger partial charge >= 0.3 is 16.4 Å². The van der Waals surface area contributed by atoms with Crippen molar-refractivity contribution in [3.63, 3.8) is 0 Å². The molecule has 0 fully saturated rings. The van der Waals surface area contributed by atoms with E-state index in [2.05, 4.69) is 4.74 Å². The van der Waals surface area contributed by atoms with E-state index in [1.807, 2.05) is 6.92 Å².